The molecule has 2 aliphatic rings. The van der Waals surface area contributed by atoms with Gasteiger partial charge in [-0.15, -0.1) is 0 Å². The number of rotatable bonds is 3. The first-order valence-corrected chi connectivity index (χ1v) is 10.8. The molecule has 0 spiro atoms. The average Bonchev–Trinajstić information content (AvgIpc) is 3.05. The monoisotopic (exact) mass is 510 g/mol. The number of nitrogens with zero attached hydrogens (tertiary/aromatic N) is 2. The Morgan fingerprint density at radius 3 is 1.41 bits per heavy atom. The molecule has 2 bridgehead atoms. The van der Waals surface area contributed by atoms with Crippen LogP contribution in [0, 0.1) is 0 Å². The Kier molecular flexibility index (Phi) is 4.19. The molecular formula is C23H16Br2N2O2. The topological polar surface area (TPSA) is 40.6 Å². The fourth-order valence-corrected chi connectivity index (χ4v) is 6.37. The minimum atomic E-state index is -1.43. The molecule has 6 heteroatoms. The number of fused-ring (bicyclic) bond motifs is 2. The van der Waals surface area contributed by atoms with Crippen LogP contribution in [0.1, 0.15) is 5.56 Å². The highest BCUT2D eigenvalue weighted by molar-refractivity contribution is 9.25. The maximum atomic E-state index is 13.9. The van der Waals surface area contributed by atoms with Crippen molar-refractivity contribution in [1.82, 2.24) is 0 Å². The van der Waals surface area contributed by atoms with Crippen molar-refractivity contribution in [3.63, 3.8) is 0 Å². The molecule has 5 rings (SSSR count). The number of para-hydroxylation sites is 2. The average molecular weight is 512 g/mol. The maximum Gasteiger partial charge on any atom is 0.251 e. The molecule has 0 N–H and O–H groups in total. The summed E-state index contributed by atoms with van der Waals surface area (Å²) in [6, 6.07) is 28.2. The molecule has 0 unspecified atom stereocenters. The number of carbonyl (C=O) groups is 2. The van der Waals surface area contributed by atoms with Crippen LogP contribution < -0.4 is 9.80 Å². The molecule has 4 nitrogen and oxygen atoms in total. The van der Waals surface area contributed by atoms with Gasteiger partial charge in [0.25, 0.3) is 11.8 Å². The van der Waals surface area contributed by atoms with Gasteiger partial charge in [-0.2, -0.15) is 0 Å². The van der Waals surface area contributed by atoms with E-state index < -0.39 is 14.8 Å². The first-order chi connectivity index (χ1) is 14.0. The molecule has 2 heterocycles. The Labute approximate surface area is 185 Å². The molecule has 0 saturated carbocycles. The zero-order valence-electron chi connectivity index (χ0n) is 15.2. The summed E-state index contributed by atoms with van der Waals surface area (Å²) in [5.74, 6) is -0.489. The minimum absolute atomic E-state index is 0.245. The molecule has 3 aromatic rings. The lowest BCUT2D eigenvalue weighted by Gasteiger charge is -2.38. The van der Waals surface area contributed by atoms with Crippen molar-refractivity contribution in [3.8, 4) is 0 Å². The lowest BCUT2D eigenvalue weighted by molar-refractivity contribution is -0.133. The second kappa shape index (κ2) is 6.54. The second-order valence-corrected chi connectivity index (χ2v) is 10.7. The molecule has 0 aromatic heterocycles. The van der Waals surface area contributed by atoms with E-state index in [2.05, 4.69) is 31.9 Å². The van der Waals surface area contributed by atoms with Gasteiger partial charge in [-0.05, 0) is 29.8 Å². The summed E-state index contributed by atoms with van der Waals surface area (Å²) < 4.78 is -1.01. The van der Waals surface area contributed by atoms with Crippen LogP contribution >= 0.6 is 31.9 Å². The Morgan fingerprint density at radius 1 is 0.621 bits per heavy atom. The van der Waals surface area contributed by atoms with Gasteiger partial charge in [0, 0.05) is 11.4 Å². The Bertz CT molecular complexity index is 1030. The number of benzene rings is 3. The zero-order valence-corrected chi connectivity index (χ0v) is 18.4. The summed E-state index contributed by atoms with van der Waals surface area (Å²) in [6.07, 6.45) is -0.576. The number of hydrogen-bond donors (Lipinski definition) is 0. The van der Waals surface area contributed by atoms with Crippen molar-refractivity contribution in [2.45, 2.75) is 14.8 Å². The highest BCUT2D eigenvalue weighted by Gasteiger charge is 2.80. The molecule has 0 aliphatic carbocycles. The molecule has 29 heavy (non-hydrogen) atoms. The third kappa shape index (κ3) is 2.30. The number of amides is 2. The summed E-state index contributed by atoms with van der Waals surface area (Å²) in [7, 11) is 0. The van der Waals surface area contributed by atoms with Gasteiger partial charge in [0.15, 0.2) is 5.41 Å². The normalized spacial score (nSPS) is 25.0. The molecule has 2 aliphatic heterocycles. The number of carbonyl (C=O) groups excluding carboxylic acids is 2. The molecule has 0 radical (unpaired) electrons. The minimum Gasteiger partial charge on any atom is -0.287 e. The van der Waals surface area contributed by atoms with Crippen LogP contribution in [0.15, 0.2) is 91.0 Å². The van der Waals surface area contributed by atoms with Crippen LogP contribution in [0.4, 0.5) is 11.4 Å². The number of alkyl halides is 2. The van der Waals surface area contributed by atoms with Gasteiger partial charge in [0.1, 0.15) is 9.40 Å². The van der Waals surface area contributed by atoms with Crippen LogP contribution in [0.5, 0.6) is 0 Å². The van der Waals surface area contributed by atoms with Crippen LogP contribution in [0.2, 0.25) is 0 Å². The van der Waals surface area contributed by atoms with Gasteiger partial charge in [0.05, 0.1) is 0 Å². The molecule has 2 amide bonds. The predicted octanol–water partition coefficient (Wildman–Crippen LogP) is 4.83. The van der Waals surface area contributed by atoms with E-state index in [0.717, 1.165) is 11.4 Å². The molecule has 3 aromatic carbocycles. The third-order valence-electron chi connectivity index (χ3n) is 5.67. The Balaban J connectivity index is 1.80. The lowest BCUT2D eigenvalue weighted by atomic mass is 9.79. The van der Waals surface area contributed by atoms with E-state index in [1.165, 1.54) is 0 Å². The lowest BCUT2D eigenvalue weighted by Crippen LogP contribution is -2.58. The quantitative estimate of drug-likeness (QED) is 0.373. The van der Waals surface area contributed by atoms with E-state index in [1.807, 2.05) is 91.0 Å². The van der Waals surface area contributed by atoms with E-state index in [0.29, 0.717) is 5.56 Å². The van der Waals surface area contributed by atoms with E-state index in [4.69, 9.17) is 0 Å². The SMILES string of the molecule is O=C1N(c2ccccc2)C2N(c3ccccc3)C(=O)C1(c1ccccc1)C2(Br)Br. The standard InChI is InChI=1S/C23H16Br2N2O2/c24-23(25)19-26(17-12-6-2-7-13-17)20(28)22(23,16-10-4-1-5-11-16)21(29)27(19)18-14-8-3-9-15-18/h1-15,19H. The van der Waals surface area contributed by atoms with Crippen molar-refractivity contribution in [2.75, 3.05) is 9.80 Å². The van der Waals surface area contributed by atoms with Crippen LogP contribution in [-0.2, 0) is 15.0 Å². The number of hydrogen-bond acceptors (Lipinski definition) is 2. The van der Waals surface area contributed by atoms with Gasteiger partial charge < -0.3 is 0 Å². The molecule has 2 saturated heterocycles. The smallest absolute Gasteiger partial charge is 0.251 e. The summed E-state index contributed by atoms with van der Waals surface area (Å²) >= 11 is 7.56. The fraction of sp³-hybridized carbons (Fsp3) is 0.130. The summed E-state index contributed by atoms with van der Waals surface area (Å²) in [5.41, 5.74) is 0.726. The van der Waals surface area contributed by atoms with E-state index in [9.17, 15) is 9.59 Å². The highest BCUT2D eigenvalue weighted by atomic mass is 79.9. The molecule has 144 valence electrons. The summed E-state index contributed by atoms with van der Waals surface area (Å²) in [5, 5.41) is 0. The van der Waals surface area contributed by atoms with Crippen LogP contribution in [0.3, 0.4) is 0 Å². The largest absolute Gasteiger partial charge is 0.287 e. The zero-order chi connectivity index (χ0) is 20.2. The van der Waals surface area contributed by atoms with Gasteiger partial charge >= 0.3 is 0 Å². The highest BCUT2D eigenvalue weighted by Crippen LogP contribution is 2.63. The van der Waals surface area contributed by atoms with Crippen molar-refractivity contribution >= 4 is 55.0 Å². The van der Waals surface area contributed by atoms with Gasteiger partial charge in [-0.3, -0.25) is 19.4 Å². The molecule has 0 atom stereocenters. The summed E-state index contributed by atoms with van der Waals surface area (Å²) in [4.78, 5) is 31.2. The third-order valence-corrected chi connectivity index (χ3v) is 7.68. The van der Waals surface area contributed by atoms with Crippen LogP contribution in [-0.4, -0.2) is 21.2 Å². The van der Waals surface area contributed by atoms with Gasteiger partial charge in [-0.25, -0.2) is 0 Å². The first-order valence-electron chi connectivity index (χ1n) is 9.22. The van der Waals surface area contributed by atoms with Crippen molar-refractivity contribution in [2.24, 2.45) is 0 Å². The molecular weight excluding hydrogens is 496 g/mol. The Morgan fingerprint density at radius 2 is 1.00 bits per heavy atom. The van der Waals surface area contributed by atoms with Gasteiger partial charge in [-0.1, -0.05) is 98.6 Å². The van der Waals surface area contributed by atoms with Crippen molar-refractivity contribution in [1.29, 1.82) is 0 Å². The maximum absolute atomic E-state index is 13.9. The fourth-order valence-electron chi connectivity index (χ4n) is 4.42. The van der Waals surface area contributed by atoms with Crippen molar-refractivity contribution in [3.05, 3.63) is 96.6 Å². The number of anilines is 2. The second-order valence-electron chi connectivity index (χ2n) is 7.13. The van der Waals surface area contributed by atoms with E-state index in [1.54, 1.807) is 9.80 Å². The van der Waals surface area contributed by atoms with Crippen LogP contribution in [0.25, 0.3) is 0 Å². The first kappa shape index (κ1) is 18.6. The number of halogens is 2. The van der Waals surface area contributed by atoms with Crippen molar-refractivity contribution < 1.29 is 9.59 Å². The van der Waals surface area contributed by atoms with E-state index in [-0.39, 0.29) is 11.8 Å². The van der Waals surface area contributed by atoms with E-state index >= 15 is 0 Å². The predicted molar refractivity (Wildman–Crippen MR) is 120 cm³/mol. The Hall–Kier alpha value is -2.44. The van der Waals surface area contributed by atoms with Gasteiger partial charge in [0.2, 0.25) is 0 Å². The molecule has 2 fully saturated rings. The summed E-state index contributed by atoms with van der Waals surface area (Å²) in [6.45, 7) is 0.